The van der Waals surface area contributed by atoms with Crippen LogP contribution in [0, 0.1) is 28.5 Å². The van der Waals surface area contributed by atoms with Crippen molar-refractivity contribution >= 4 is 21.7 Å². The zero-order chi connectivity index (χ0) is 25.4. The normalized spacial score (nSPS) is 16.1. The van der Waals surface area contributed by atoms with Gasteiger partial charge in [0.2, 0.25) is 0 Å². The Morgan fingerprint density at radius 3 is 2.51 bits per heavy atom. The minimum atomic E-state index is -3.68. The van der Waals surface area contributed by atoms with Gasteiger partial charge in [0.25, 0.3) is 17.4 Å². The molecule has 10 nitrogen and oxygen atoms in total. The van der Waals surface area contributed by atoms with E-state index in [1.807, 2.05) is 0 Å². The zero-order valence-electron chi connectivity index (χ0n) is 18.5. The van der Waals surface area contributed by atoms with Crippen molar-refractivity contribution in [3.05, 3.63) is 68.9 Å². The van der Waals surface area contributed by atoms with Crippen LogP contribution in [-0.2, 0) is 22.9 Å². The number of sulfone groups is 1. The number of halogens is 1. The van der Waals surface area contributed by atoms with Gasteiger partial charge in [0.1, 0.15) is 28.9 Å². The summed E-state index contributed by atoms with van der Waals surface area (Å²) in [4.78, 5) is 39.8. The highest BCUT2D eigenvalue weighted by atomic mass is 32.2. The van der Waals surface area contributed by atoms with Crippen LogP contribution in [0.2, 0.25) is 0 Å². The molecule has 4 rings (SSSR count). The number of nitrogens with zero attached hydrogens (tertiary/aromatic N) is 4. The van der Waals surface area contributed by atoms with Gasteiger partial charge in [0, 0.05) is 26.2 Å². The number of carbonyl (C=O) groups is 2. The van der Waals surface area contributed by atoms with Crippen molar-refractivity contribution in [1.82, 2.24) is 14.8 Å². The summed E-state index contributed by atoms with van der Waals surface area (Å²) in [5, 5.41) is 20.1. The maximum atomic E-state index is 13.8. The smallest absolute Gasteiger partial charge is 0.270 e. The minimum absolute atomic E-state index is 0.0421. The second-order valence-electron chi connectivity index (χ2n) is 8.52. The van der Waals surface area contributed by atoms with Gasteiger partial charge in [-0.05, 0) is 42.7 Å². The molecule has 0 radical (unpaired) electrons. The molecular weight excluding hydrogens is 477 g/mol. The zero-order valence-corrected chi connectivity index (χ0v) is 19.3. The topological polar surface area (TPSA) is 153 Å². The lowest BCUT2D eigenvalue weighted by Crippen LogP contribution is -2.50. The first kappa shape index (κ1) is 24.1. The summed E-state index contributed by atoms with van der Waals surface area (Å²) in [5.41, 5.74) is -0.543. The average Bonchev–Trinajstić information content (AvgIpc) is 3.61. The van der Waals surface area contributed by atoms with E-state index in [0.29, 0.717) is 18.4 Å². The lowest BCUT2D eigenvalue weighted by molar-refractivity contribution is 0.0695. The van der Waals surface area contributed by atoms with Gasteiger partial charge in [0.15, 0.2) is 9.84 Å². The monoisotopic (exact) mass is 497 g/mol. The Balaban J connectivity index is 1.49. The van der Waals surface area contributed by atoms with Crippen molar-refractivity contribution < 1.29 is 22.4 Å². The maximum absolute atomic E-state index is 13.8. The number of fused-ring (bicyclic) bond motifs is 1. The van der Waals surface area contributed by atoms with Crippen molar-refractivity contribution in [3.8, 4) is 12.1 Å². The maximum Gasteiger partial charge on any atom is 0.270 e. The Morgan fingerprint density at radius 1 is 1.14 bits per heavy atom. The van der Waals surface area contributed by atoms with Crippen molar-refractivity contribution in [2.24, 2.45) is 0 Å². The lowest BCUT2D eigenvalue weighted by Gasteiger charge is -2.32. The van der Waals surface area contributed by atoms with Gasteiger partial charge in [-0.2, -0.15) is 10.5 Å². The van der Waals surface area contributed by atoms with Crippen molar-refractivity contribution in [3.63, 3.8) is 0 Å². The third-order valence-corrected chi connectivity index (χ3v) is 8.69. The van der Waals surface area contributed by atoms with Crippen LogP contribution in [0.1, 0.15) is 44.8 Å². The van der Waals surface area contributed by atoms with E-state index >= 15 is 0 Å². The van der Waals surface area contributed by atoms with E-state index in [2.05, 4.69) is 5.32 Å². The molecule has 0 atom stereocenters. The van der Waals surface area contributed by atoms with Crippen LogP contribution < -0.4 is 10.9 Å². The number of nitrogens with one attached hydrogen (secondary N) is 1. The van der Waals surface area contributed by atoms with Gasteiger partial charge in [0.05, 0.1) is 16.4 Å². The van der Waals surface area contributed by atoms with Gasteiger partial charge < -0.3 is 14.8 Å². The summed E-state index contributed by atoms with van der Waals surface area (Å²) < 4.78 is 38.7. The molecule has 35 heavy (non-hydrogen) atoms. The molecule has 1 fully saturated rings. The van der Waals surface area contributed by atoms with E-state index in [1.54, 1.807) is 12.1 Å². The third-order valence-electron chi connectivity index (χ3n) is 6.33. The molecule has 12 heteroatoms. The Morgan fingerprint density at radius 2 is 1.89 bits per heavy atom. The SMILES string of the molecule is N#CCS(=O)(=O)C1(CN2CCn3c(ccc(C(=O)NCc4ccc(C#N)c(F)c4)c3=O)C2=O)CC1. The number of hydrogen-bond donors (Lipinski definition) is 1. The number of benzene rings is 1. The molecule has 0 spiro atoms. The highest BCUT2D eigenvalue weighted by Crippen LogP contribution is 2.45. The van der Waals surface area contributed by atoms with Crippen LogP contribution in [0.15, 0.2) is 35.1 Å². The molecule has 1 aliphatic heterocycles. The summed E-state index contributed by atoms with van der Waals surface area (Å²) in [6.45, 7) is 0.0451. The van der Waals surface area contributed by atoms with Crippen LogP contribution in [0.4, 0.5) is 4.39 Å². The standard InChI is InChI=1S/C23H20FN5O5S/c24-18-11-15(1-2-16(18)12-26)13-27-20(30)17-3-4-19-22(32)28(8-9-29(19)21(17)31)14-23(5-6-23)35(33,34)10-7-25/h1-4,11H,5-6,8-10,13-14H2,(H,27,30). The molecule has 1 aromatic heterocycles. The molecule has 2 aromatic rings. The number of pyridine rings is 1. The van der Waals surface area contributed by atoms with Crippen LogP contribution in [0.25, 0.3) is 0 Å². The van der Waals surface area contributed by atoms with E-state index < -0.39 is 43.5 Å². The summed E-state index contributed by atoms with van der Waals surface area (Å²) in [7, 11) is -3.68. The minimum Gasteiger partial charge on any atom is -0.348 e. The average molecular weight is 498 g/mol. The quantitative estimate of drug-likeness (QED) is 0.591. The summed E-state index contributed by atoms with van der Waals surface area (Å²) in [6, 6.07) is 9.83. The first-order valence-electron chi connectivity index (χ1n) is 10.7. The third kappa shape index (κ3) is 4.40. The van der Waals surface area contributed by atoms with Gasteiger partial charge in [-0.25, -0.2) is 12.8 Å². The predicted molar refractivity (Wildman–Crippen MR) is 120 cm³/mol. The predicted octanol–water partition coefficient (Wildman–Crippen LogP) is 0.716. The molecule has 0 saturated heterocycles. The number of rotatable bonds is 7. The second-order valence-corrected chi connectivity index (χ2v) is 10.9. The number of aromatic nitrogens is 1. The fourth-order valence-corrected chi connectivity index (χ4v) is 5.68. The molecule has 2 heterocycles. The molecule has 0 bridgehead atoms. The van der Waals surface area contributed by atoms with E-state index in [4.69, 9.17) is 10.5 Å². The fourth-order valence-electron chi connectivity index (χ4n) is 4.12. The van der Waals surface area contributed by atoms with Crippen molar-refractivity contribution in [1.29, 1.82) is 10.5 Å². The van der Waals surface area contributed by atoms with E-state index in [0.717, 1.165) is 6.07 Å². The van der Waals surface area contributed by atoms with Crippen LogP contribution in [0.3, 0.4) is 0 Å². The van der Waals surface area contributed by atoms with Crippen LogP contribution in [-0.4, -0.2) is 53.3 Å². The van der Waals surface area contributed by atoms with Gasteiger partial charge in [-0.3, -0.25) is 14.4 Å². The van der Waals surface area contributed by atoms with Gasteiger partial charge in [-0.15, -0.1) is 0 Å². The largest absolute Gasteiger partial charge is 0.348 e. The van der Waals surface area contributed by atoms with Gasteiger partial charge >= 0.3 is 0 Å². The lowest BCUT2D eigenvalue weighted by atomic mass is 10.1. The molecular formula is C23H20FN5O5S. The van der Waals surface area contributed by atoms with Crippen LogP contribution in [0.5, 0.6) is 0 Å². The Labute approximate surface area is 200 Å². The Hall–Kier alpha value is -4.03. The number of nitriles is 2. The molecule has 2 amide bonds. The first-order valence-corrected chi connectivity index (χ1v) is 12.4. The molecule has 1 saturated carbocycles. The first-order chi connectivity index (χ1) is 16.6. The van der Waals surface area contributed by atoms with Gasteiger partial charge in [-0.1, -0.05) is 6.07 Å². The number of carbonyl (C=O) groups excluding carboxylic acids is 2. The number of amides is 2. The highest BCUT2D eigenvalue weighted by molar-refractivity contribution is 7.93. The highest BCUT2D eigenvalue weighted by Gasteiger charge is 2.55. The van der Waals surface area contributed by atoms with Crippen molar-refractivity contribution in [2.75, 3.05) is 18.8 Å². The Kier molecular flexibility index (Phi) is 6.17. The fraction of sp³-hybridized carbons (Fsp3) is 0.348. The second kappa shape index (κ2) is 8.96. The van der Waals surface area contributed by atoms with Crippen molar-refractivity contribution in [2.45, 2.75) is 30.7 Å². The number of hydrogen-bond acceptors (Lipinski definition) is 7. The molecule has 1 N–H and O–H groups in total. The summed E-state index contributed by atoms with van der Waals surface area (Å²) >= 11 is 0. The molecule has 2 aliphatic rings. The molecule has 1 aromatic carbocycles. The summed E-state index contributed by atoms with van der Waals surface area (Å²) in [5.74, 6) is -2.56. The molecule has 1 aliphatic carbocycles. The molecule has 180 valence electrons. The Bertz CT molecular complexity index is 1480. The summed E-state index contributed by atoms with van der Waals surface area (Å²) in [6.07, 6.45) is 0.742. The van der Waals surface area contributed by atoms with E-state index in [-0.39, 0.29) is 43.0 Å². The van der Waals surface area contributed by atoms with Crippen LogP contribution >= 0.6 is 0 Å². The molecule has 0 unspecified atom stereocenters. The van der Waals surface area contributed by atoms with E-state index in [9.17, 15) is 27.2 Å². The van der Waals surface area contributed by atoms with E-state index in [1.165, 1.54) is 33.7 Å².